The molecule has 0 aliphatic heterocycles. The van der Waals surface area contributed by atoms with Gasteiger partial charge in [0.1, 0.15) is 17.1 Å². The lowest BCUT2D eigenvalue weighted by atomic mass is 9.91. The number of aromatic nitrogens is 1. The molecule has 0 fully saturated rings. The van der Waals surface area contributed by atoms with Crippen LogP contribution in [-0.4, -0.2) is 18.1 Å². The minimum absolute atomic E-state index is 0.135. The van der Waals surface area contributed by atoms with E-state index >= 15 is 0 Å². The number of para-hydroxylation sites is 1. The van der Waals surface area contributed by atoms with E-state index in [0.29, 0.717) is 17.1 Å². The first-order valence-corrected chi connectivity index (χ1v) is 6.73. The predicted octanol–water partition coefficient (Wildman–Crippen LogP) is 3.96. The van der Waals surface area contributed by atoms with Crippen molar-refractivity contribution in [2.24, 2.45) is 0 Å². The van der Waals surface area contributed by atoms with E-state index in [9.17, 15) is 4.79 Å². The first-order chi connectivity index (χ1) is 9.91. The topological polar surface area (TPSA) is 48.4 Å². The maximum absolute atomic E-state index is 11.8. The molecule has 2 aromatic rings. The molecule has 0 unspecified atom stereocenters. The molecule has 4 heteroatoms. The quantitative estimate of drug-likeness (QED) is 0.801. The minimum atomic E-state index is -0.464. The van der Waals surface area contributed by atoms with Crippen LogP contribution < -0.4 is 4.74 Å². The zero-order chi connectivity index (χ0) is 15.5. The fourth-order valence-corrected chi connectivity index (χ4v) is 1.81. The van der Waals surface area contributed by atoms with Gasteiger partial charge >= 0.3 is 5.97 Å². The molecule has 0 spiro atoms. The van der Waals surface area contributed by atoms with Crippen molar-refractivity contribution in [1.82, 2.24) is 4.98 Å². The number of esters is 1. The molecule has 0 aliphatic rings. The van der Waals surface area contributed by atoms with E-state index in [0.717, 1.165) is 5.69 Å². The Labute approximate surface area is 124 Å². The summed E-state index contributed by atoms with van der Waals surface area (Å²) in [6.07, 6.45) is 1.50. The zero-order valence-corrected chi connectivity index (χ0v) is 12.7. The largest absolute Gasteiger partial charge is 0.465 e. The van der Waals surface area contributed by atoms with E-state index in [1.807, 2.05) is 30.3 Å². The second-order valence-electron chi connectivity index (χ2n) is 5.72. The third-order valence-electron chi connectivity index (χ3n) is 3.01. The molecule has 0 bridgehead atoms. The summed E-state index contributed by atoms with van der Waals surface area (Å²) in [6.45, 7) is 6.17. The SMILES string of the molecule is COC(=O)c1cnc(C(C)(C)C)cc1Oc1ccccc1. The van der Waals surface area contributed by atoms with E-state index in [-0.39, 0.29) is 5.41 Å². The molecule has 1 aromatic heterocycles. The number of nitrogens with zero attached hydrogens (tertiary/aromatic N) is 1. The molecule has 4 nitrogen and oxygen atoms in total. The van der Waals surface area contributed by atoms with Gasteiger partial charge in [-0.15, -0.1) is 0 Å². The van der Waals surface area contributed by atoms with Gasteiger partial charge in [-0.2, -0.15) is 0 Å². The van der Waals surface area contributed by atoms with E-state index < -0.39 is 5.97 Å². The Morgan fingerprint density at radius 1 is 1.14 bits per heavy atom. The van der Waals surface area contributed by atoms with Crippen molar-refractivity contribution in [1.29, 1.82) is 0 Å². The van der Waals surface area contributed by atoms with Crippen LogP contribution in [0.5, 0.6) is 11.5 Å². The van der Waals surface area contributed by atoms with Gasteiger partial charge in [-0.3, -0.25) is 4.98 Å². The van der Waals surface area contributed by atoms with Gasteiger partial charge in [-0.1, -0.05) is 39.0 Å². The number of hydrogen-bond acceptors (Lipinski definition) is 4. The maximum Gasteiger partial charge on any atom is 0.343 e. The molecule has 1 heterocycles. The van der Waals surface area contributed by atoms with Gasteiger partial charge in [0.15, 0.2) is 0 Å². The lowest BCUT2D eigenvalue weighted by molar-refractivity contribution is 0.0597. The van der Waals surface area contributed by atoms with Gasteiger partial charge in [0.2, 0.25) is 0 Å². The number of hydrogen-bond donors (Lipinski definition) is 0. The average molecular weight is 285 g/mol. The molecule has 2 rings (SSSR count). The molecule has 0 saturated heterocycles. The number of benzene rings is 1. The summed E-state index contributed by atoms with van der Waals surface area (Å²) in [5.74, 6) is 0.649. The molecule has 0 aliphatic carbocycles. The molecule has 110 valence electrons. The van der Waals surface area contributed by atoms with Crippen molar-refractivity contribution in [3.05, 3.63) is 53.9 Å². The summed E-state index contributed by atoms with van der Waals surface area (Å²) in [6, 6.07) is 11.1. The third-order valence-corrected chi connectivity index (χ3v) is 3.01. The Balaban J connectivity index is 2.46. The highest BCUT2D eigenvalue weighted by Crippen LogP contribution is 2.30. The molecule has 0 amide bonds. The lowest BCUT2D eigenvalue weighted by Gasteiger charge is -2.19. The van der Waals surface area contributed by atoms with Crippen LogP contribution in [-0.2, 0) is 10.2 Å². The van der Waals surface area contributed by atoms with E-state index in [4.69, 9.17) is 9.47 Å². The maximum atomic E-state index is 11.8. The van der Waals surface area contributed by atoms with Crippen LogP contribution in [0, 0.1) is 0 Å². The monoisotopic (exact) mass is 285 g/mol. The Bertz CT molecular complexity index is 630. The highest BCUT2D eigenvalue weighted by Gasteiger charge is 2.21. The van der Waals surface area contributed by atoms with Gasteiger partial charge in [0, 0.05) is 23.4 Å². The standard InChI is InChI=1S/C17H19NO3/c1-17(2,3)15-10-14(13(11-18-15)16(19)20-4)21-12-8-6-5-7-9-12/h5-11H,1-4H3. The first-order valence-electron chi connectivity index (χ1n) is 6.73. The number of methoxy groups -OCH3 is 1. The number of rotatable bonds is 3. The summed E-state index contributed by atoms with van der Waals surface area (Å²) in [4.78, 5) is 16.2. The van der Waals surface area contributed by atoms with Crippen molar-refractivity contribution in [3.8, 4) is 11.5 Å². The Morgan fingerprint density at radius 3 is 2.38 bits per heavy atom. The summed E-state index contributed by atoms with van der Waals surface area (Å²) >= 11 is 0. The fourth-order valence-electron chi connectivity index (χ4n) is 1.81. The van der Waals surface area contributed by atoms with Crippen LogP contribution in [0.25, 0.3) is 0 Å². The molecule has 1 aromatic carbocycles. The van der Waals surface area contributed by atoms with Crippen LogP contribution in [0.15, 0.2) is 42.6 Å². The van der Waals surface area contributed by atoms with Crippen molar-refractivity contribution in [3.63, 3.8) is 0 Å². The van der Waals surface area contributed by atoms with Crippen molar-refractivity contribution >= 4 is 5.97 Å². The van der Waals surface area contributed by atoms with Gasteiger partial charge < -0.3 is 9.47 Å². The first kappa shape index (κ1) is 15.0. The fraction of sp³-hybridized carbons (Fsp3) is 0.294. The average Bonchev–Trinajstić information content (AvgIpc) is 2.46. The second kappa shape index (κ2) is 5.95. The van der Waals surface area contributed by atoms with Crippen molar-refractivity contribution < 1.29 is 14.3 Å². The van der Waals surface area contributed by atoms with Crippen LogP contribution in [0.3, 0.4) is 0 Å². The van der Waals surface area contributed by atoms with Gasteiger partial charge in [-0.25, -0.2) is 4.79 Å². The molecular weight excluding hydrogens is 266 g/mol. The Kier molecular flexibility index (Phi) is 4.26. The minimum Gasteiger partial charge on any atom is -0.465 e. The highest BCUT2D eigenvalue weighted by atomic mass is 16.5. The van der Waals surface area contributed by atoms with Crippen LogP contribution in [0.4, 0.5) is 0 Å². The van der Waals surface area contributed by atoms with Crippen LogP contribution in [0.1, 0.15) is 36.8 Å². The van der Waals surface area contributed by atoms with Gasteiger partial charge in [0.25, 0.3) is 0 Å². The number of carbonyl (C=O) groups excluding carboxylic acids is 1. The van der Waals surface area contributed by atoms with Gasteiger partial charge in [0.05, 0.1) is 7.11 Å². The Hall–Kier alpha value is -2.36. The Morgan fingerprint density at radius 2 is 1.81 bits per heavy atom. The normalized spacial score (nSPS) is 11.0. The summed E-state index contributed by atoms with van der Waals surface area (Å²) < 4.78 is 10.6. The molecule has 0 radical (unpaired) electrons. The molecule has 21 heavy (non-hydrogen) atoms. The van der Waals surface area contributed by atoms with E-state index in [1.165, 1.54) is 13.3 Å². The summed E-state index contributed by atoms with van der Waals surface area (Å²) in [5, 5.41) is 0. The number of pyridine rings is 1. The van der Waals surface area contributed by atoms with Crippen LogP contribution >= 0.6 is 0 Å². The molecule has 0 atom stereocenters. The zero-order valence-electron chi connectivity index (χ0n) is 12.7. The molecule has 0 saturated carbocycles. The second-order valence-corrected chi connectivity index (χ2v) is 5.72. The lowest BCUT2D eigenvalue weighted by Crippen LogP contribution is -2.15. The smallest absolute Gasteiger partial charge is 0.343 e. The van der Waals surface area contributed by atoms with Crippen molar-refractivity contribution in [2.75, 3.05) is 7.11 Å². The third kappa shape index (κ3) is 3.60. The number of ether oxygens (including phenoxy) is 2. The van der Waals surface area contributed by atoms with Crippen molar-refractivity contribution in [2.45, 2.75) is 26.2 Å². The number of carbonyl (C=O) groups is 1. The van der Waals surface area contributed by atoms with E-state index in [2.05, 4.69) is 25.8 Å². The summed E-state index contributed by atoms with van der Waals surface area (Å²) in [7, 11) is 1.34. The summed E-state index contributed by atoms with van der Waals surface area (Å²) in [5.41, 5.74) is 1.03. The van der Waals surface area contributed by atoms with Crippen LogP contribution in [0.2, 0.25) is 0 Å². The molecular formula is C17H19NO3. The predicted molar refractivity (Wildman–Crippen MR) is 80.8 cm³/mol. The van der Waals surface area contributed by atoms with Gasteiger partial charge in [-0.05, 0) is 12.1 Å². The highest BCUT2D eigenvalue weighted by molar-refractivity contribution is 5.92. The van der Waals surface area contributed by atoms with E-state index in [1.54, 1.807) is 6.07 Å². The molecule has 0 N–H and O–H groups in total.